The van der Waals surface area contributed by atoms with Crippen LogP contribution in [0.4, 0.5) is 0 Å². The van der Waals surface area contributed by atoms with Crippen LogP contribution in [0.15, 0.2) is 52.2 Å². The van der Waals surface area contributed by atoms with Gasteiger partial charge in [0.15, 0.2) is 0 Å². The van der Waals surface area contributed by atoms with Gasteiger partial charge in [-0.3, -0.25) is 9.78 Å². The van der Waals surface area contributed by atoms with Gasteiger partial charge in [-0.15, -0.1) is 0 Å². The summed E-state index contributed by atoms with van der Waals surface area (Å²) in [5, 5.41) is 13.4. The Hall–Kier alpha value is -2.21. The Bertz CT molecular complexity index is 615. The second kappa shape index (κ2) is 6.10. The number of carbonyl (C=O) groups excluding carboxylic acids is 1. The summed E-state index contributed by atoms with van der Waals surface area (Å²) in [6, 6.07) is 9.95. The van der Waals surface area contributed by atoms with E-state index in [1.807, 2.05) is 0 Å². The number of hydrogen-bond donors (Lipinski definition) is 2. The maximum Gasteiger partial charge on any atom is 0.289 e. The molecule has 0 bridgehead atoms. The zero-order valence-electron chi connectivity index (χ0n) is 9.75. The number of hydrazone groups is 1. The summed E-state index contributed by atoms with van der Waals surface area (Å²) < 4.78 is 0.808. The molecule has 96 valence electrons. The van der Waals surface area contributed by atoms with Crippen molar-refractivity contribution in [3.05, 3.63) is 58.3 Å². The number of rotatable bonds is 3. The number of benzene rings is 1. The normalized spacial score (nSPS) is 10.6. The fourth-order valence-electron chi connectivity index (χ4n) is 1.34. The van der Waals surface area contributed by atoms with E-state index in [0.717, 1.165) is 4.47 Å². The monoisotopic (exact) mass is 319 g/mol. The van der Waals surface area contributed by atoms with Crippen LogP contribution in [-0.2, 0) is 0 Å². The van der Waals surface area contributed by atoms with E-state index in [1.165, 1.54) is 18.5 Å². The first kappa shape index (κ1) is 13.2. The van der Waals surface area contributed by atoms with Crippen LogP contribution < -0.4 is 5.43 Å². The van der Waals surface area contributed by atoms with E-state index < -0.39 is 5.91 Å². The van der Waals surface area contributed by atoms with Crippen LogP contribution in [0.2, 0.25) is 0 Å². The Morgan fingerprint density at radius 3 is 2.95 bits per heavy atom. The Balaban J connectivity index is 2.04. The molecule has 0 saturated carbocycles. The van der Waals surface area contributed by atoms with Crippen molar-refractivity contribution in [2.75, 3.05) is 0 Å². The second-order valence-corrected chi connectivity index (χ2v) is 4.53. The standard InChI is InChI=1S/C13H10BrN3O2/c14-10-4-5-12(18)9(7-10)8-16-17-13(19)11-3-1-2-6-15-11/h1-8,18H,(H,17,19)/b16-8+. The summed E-state index contributed by atoms with van der Waals surface area (Å²) in [5.74, 6) is -0.328. The van der Waals surface area contributed by atoms with Gasteiger partial charge in [0.05, 0.1) is 6.21 Å². The van der Waals surface area contributed by atoms with Crippen molar-refractivity contribution in [3.8, 4) is 5.75 Å². The molecule has 6 heteroatoms. The third kappa shape index (κ3) is 3.62. The first-order valence-corrected chi connectivity index (χ1v) is 6.19. The maximum atomic E-state index is 11.6. The fraction of sp³-hybridized carbons (Fsp3) is 0. The largest absolute Gasteiger partial charge is 0.507 e. The van der Waals surface area contributed by atoms with Gasteiger partial charge in [-0.2, -0.15) is 5.10 Å². The van der Waals surface area contributed by atoms with Crippen molar-refractivity contribution < 1.29 is 9.90 Å². The molecule has 0 radical (unpaired) electrons. The van der Waals surface area contributed by atoms with Gasteiger partial charge in [0.25, 0.3) is 5.91 Å². The van der Waals surface area contributed by atoms with Crippen molar-refractivity contribution in [2.45, 2.75) is 0 Å². The Labute approximate surface area is 118 Å². The lowest BCUT2D eigenvalue weighted by molar-refractivity contribution is 0.0950. The van der Waals surface area contributed by atoms with E-state index in [9.17, 15) is 9.90 Å². The highest BCUT2D eigenvalue weighted by Gasteiger charge is 2.04. The van der Waals surface area contributed by atoms with Crippen LogP contribution in [-0.4, -0.2) is 22.2 Å². The third-order valence-electron chi connectivity index (χ3n) is 2.26. The van der Waals surface area contributed by atoms with Crippen molar-refractivity contribution >= 4 is 28.1 Å². The molecule has 0 aliphatic carbocycles. The minimum absolute atomic E-state index is 0.0824. The molecular formula is C13H10BrN3O2. The summed E-state index contributed by atoms with van der Waals surface area (Å²) in [4.78, 5) is 15.5. The predicted molar refractivity (Wildman–Crippen MR) is 75.1 cm³/mol. The number of carbonyl (C=O) groups is 1. The smallest absolute Gasteiger partial charge is 0.289 e. The van der Waals surface area contributed by atoms with Gasteiger partial charge >= 0.3 is 0 Å². The van der Waals surface area contributed by atoms with Crippen molar-refractivity contribution in [1.82, 2.24) is 10.4 Å². The number of hydrogen-bond acceptors (Lipinski definition) is 4. The van der Waals surface area contributed by atoms with E-state index in [-0.39, 0.29) is 11.4 Å². The average molecular weight is 320 g/mol. The summed E-state index contributed by atoms with van der Waals surface area (Å²) in [6.45, 7) is 0. The van der Waals surface area contributed by atoms with Crippen molar-refractivity contribution in [1.29, 1.82) is 0 Å². The third-order valence-corrected chi connectivity index (χ3v) is 2.75. The van der Waals surface area contributed by atoms with Crippen LogP contribution in [0.3, 0.4) is 0 Å². The fourth-order valence-corrected chi connectivity index (χ4v) is 1.72. The number of aromatic nitrogens is 1. The molecule has 1 heterocycles. The summed E-state index contributed by atoms with van der Waals surface area (Å²) in [5.41, 5.74) is 3.11. The van der Waals surface area contributed by atoms with Crippen LogP contribution >= 0.6 is 15.9 Å². The van der Waals surface area contributed by atoms with E-state index >= 15 is 0 Å². The Kier molecular flexibility index (Phi) is 4.25. The topological polar surface area (TPSA) is 74.6 Å². The highest BCUT2D eigenvalue weighted by molar-refractivity contribution is 9.10. The lowest BCUT2D eigenvalue weighted by Gasteiger charge is -2.00. The number of phenols is 1. The van der Waals surface area contributed by atoms with E-state index in [1.54, 1.807) is 30.3 Å². The predicted octanol–water partition coefficient (Wildman–Crippen LogP) is 2.31. The first-order chi connectivity index (χ1) is 9.16. The zero-order chi connectivity index (χ0) is 13.7. The molecule has 5 nitrogen and oxygen atoms in total. The quantitative estimate of drug-likeness (QED) is 0.673. The molecule has 1 amide bonds. The number of phenolic OH excluding ortho intramolecular Hbond substituents is 1. The number of nitrogens with one attached hydrogen (secondary N) is 1. The molecule has 1 aromatic heterocycles. The van der Waals surface area contributed by atoms with Crippen molar-refractivity contribution in [3.63, 3.8) is 0 Å². The number of pyridine rings is 1. The van der Waals surface area contributed by atoms with Gasteiger partial charge in [-0.1, -0.05) is 22.0 Å². The van der Waals surface area contributed by atoms with E-state index in [4.69, 9.17) is 0 Å². The molecule has 0 aliphatic rings. The Morgan fingerprint density at radius 2 is 2.21 bits per heavy atom. The van der Waals surface area contributed by atoms with Gasteiger partial charge in [-0.25, -0.2) is 5.43 Å². The van der Waals surface area contributed by atoms with Gasteiger partial charge < -0.3 is 5.11 Å². The minimum Gasteiger partial charge on any atom is -0.507 e. The molecule has 2 N–H and O–H groups in total. The van der Waals surface area contributed by atoms with Crippen LogP contribution in [0.25, 0.3) is 0 Å². The van der Waals surface area contributed by atoms with Gasteiger partial charge in [0.1, 0.15) is 11.4 Å². The van der Waals surface area contributed by atoms with E-state index in [2.05, 4.69) is 31.4 Å². The van der Waals surface area contributed by atoms with Gasteiger partial charge in [0.2, 0.25) is 0 Å². The molecule has 0 unspecified atom stereocenters. The van der Waals surface area contributed by atoms with Gasteiger partial charge in [0, 0.05) is 16.2 Å². The van der Waals surface area contributed by atoms with Gasteiger partial charge in [-0.05, 0) is 30.3 Å². The minimum atomic E-state index is -0.411. The SMILES string of the molecule is O=C(N/N=C/c1cc(Br)ccc1O)c1ccccn1. The molecule has 2 aromatic rings. The summed E-state index contributed by atoms with van der Waals surface area (Å²) in [6.07, 6.45) is 2.89. The lowest BCUT2D eigenvalue weighted by atomic mass is 10.2. The molecule has 0 fully saturated rings. The molecule has 1 aromatic carbocycles. The molecule has 0 atom stereocenters. The highest BCUT2D eigenvalue weighted by atomic mass is 79.9. The Morgan fingerprint density at radius 1 is 1.37 bits per heavy atom. The molecular weight excluding hydrogens is 310 g/mol. The van der Waals surface area contributed by atoms with Crippen LogP contribution in [0.1, 0.15) is 16.1 Å². The molecule has 19 heavy (non-hydrogen) atoms. The number of halogens is 1. The number of nitrogens with zero attached hydrogens (tertiary/aromatic N) is 2. The summed E-state index contributed by atoms with van der Waals surface area (Å²) in [7, 11) is 0. The average Bonchev–Trinajstić information content (AvgIpc) is 2.43. The zero-order valence-corrected chi connectivity index (χ0v) is 11.3. The lowest BCUT2D eigenvalue weighted by Crippen LogP contribution is -2.18. The molecule has 0 spiro atoms. The molecule has 0 saturated heterocycles. The van der Waals surface area contributed by atoms with Crippen molar-refractivity contribution in [2.24, 2.45) is 5.10 Å². The maximum absolute atomic E-state index is 11.6. The number of aromatic hydroxyl groups is 1. The first-order valence-electron chi connectivity index (χ1n) is 5.40. The van der Waals surface area contributed by atoms with Crippen LogP contribution in [0.5, 0.6) is 5.75 Å². The van der Waals surface area contributed by atoms with Crippen LogP contribution in [0, 0.1) is 0 Å². The highest BCUT2D eigenvalue weighted by Crippen LogP contribution is 2.19. The molecule has 2 rings (SSSR count). The van der Waals surface area contributed by atoms with E-state index in [0.29, 0.717) is 5.56 Å². The second-order valence-electron chi connectivity index (χ2n) is 3.62. The molecule has 0 aliphatic heterocycles. The summed E-state index contributed by atoms with van der Waals surface area (Å²) >= 11 is 3.28. The number of amides is 1.